The number of Topliss-reactive ketones (excluding diaryl/α,β-unsaturated/α-hetero) is 1. The van der Waals surface area contributed by atoms with Crippen LogP contribution in [0.15, 0.2) is 18.5 Å². The first-order valence-corrected chi connectivity index (χ1v) is 8.11. The molecule has 1 aromatic heterocycles. The number of carbonyl (C=O) groups is 1. The van der Waals surface area contributed by atoms with Crippen molar-refractivity contribution in [1.29, 1.82) is 0 Å². The van der Waals surface area contributed by atoms with Gasteiger partial charge in [0.05, 0.1) is 5.41 Å². The Morgan fingerprint density at radius 1 is 1.29 bits per heavy atom. The van der Waals surface area contributed by atoms with E-state index in [4.69, 9.17) is 0 Å². The van der Waals surface area contributed by atoms with Crippen LogP contribution in [0.3, 0.4) is 0 Å². The van der Waals surface area contributed by atoms with Crippen LogP contribution < -0.4 is 0 Å². The first-order chi connectivity index (χ1) is 9.97. The van der Waals surface area contributed by atoms with Crippen molar-refractivity contribution in [3.8, 4) is 0 Å². The first-order valence-electron chi connectivity index (χ1n) is 8.11. The van der Waals surface area contributed by atoms with Crippen molar-refractivity contribution < 1.29 is 4.79 Å². The maximum absolute atomic E-state index is 12.8. The molecule has 1 aromatic rings. The number of piperidine rings is 1. The molecule has 3 heteroatoms. The fourth-order valence-electron chi connectivity index (χ4n) is 3.21. The molecule has 0 amide bonds. The largest absolute Gasteiger partial charge is 0.306 e. The molecule has 21 heavy (non-hydrogen) atoms. The Balaban J connectivity index is 0.00000106. The number of ketones is 1. The fraction of sp³-hybridized carbons (Fsp3) is 0.667. The topological polar surface area (TPSA) is 33.2 Å². The number of aromatic nitrogens is 1. The van der Waals surface area contributed by atoms with Crippen LogP contribution in [0.2, 0.25) is 0 Å². The first kappa shape index (κ1) is 17.8. The average molecular weight is 290 g/mol. The van der Waals surface area contributed by atoms with Gasteiger partial charge in [-0.15, -0.1) is 0 Å². The lowest BCUT2D eigenvalue weighted by molar-refractivity contribution is -0.129. The third-order valence-corrected chi connectivity index (χ3v) is 4.37. The summed E-state index contributed by atoms with van der Waals surface area (Å²) in [5.74, 6) is 0.464. The van der Waals surface area contributed by atoms with Gasteiger partial charge < -0.3 is 4.90 Å². The number of likely N-dealkylation sites (tertiary alicyclic amines) is 1. The SMILES string of the molecule is CC.Cc1cnccc1C1(C(=O)C(C)C)CCN(C)CC1. The van der Waals surface area contributed by atoms with E-state index in [0.29, 0.717) is 5.78 Å². The number of pyridine rings is 1. The van der Waals surface area contributed by atoms with E-state index in [1.165, 1.54) is 5.56 Å². The Kier molecular flexibility index (Phi) is 6.53. The van der Waals surface area contributed by atoms with E-state index in [1.807, 2.05) is 46.2 Å². The molecule has 1 aliphatic rings. The summed E-state index contributed by atoms with van der Waals surface area (Å²) in [7, 11) is 2.13. The van der Waals surface area contributed by atoms with Gasteiger partial charge in [-0.2, -0.15) is 0 Å². The van der Waals surface area contributed by atoms with Crippen LogP contribution in [-0.2, 0) is 10.2 Å². The van der Waals surface area contributed by atoms with Crippen LogP contribution in [0.1, 0.15) is 51.7 Å². The van der Waals surface area contributed by atoms with E-state index in [1.54, 1.807) is 0 Å². The molecule has 2 rings (SSSR count). The molecule has 1 saturated heterocycles. The van der Waals surface area contributed by atoms with Crippen molar-refractivity contribution in [3.63, 3.8) is 0 Å². The molecule has 0 spiro atoms. The van der Waals surface area contributed by atoms with Crippen molar-refractivity contribution in [2.24, 2.45) is 5.92 Å². The molecule has 1 aliphatic heterocycles. The van der Waals surface area contributed by atoms with Gasteiger partial charge in [-0.3, -0.25) is 9.78 Å². The molecule has 0 aromatic carbocycles. The summed E-state index contributed by atoms with van der Waals surface area (Å²) in [6.45, 7) is 12.1. The number of aryl methyl sites for hydroxylation is 1. The zero-order valence-corrected chi connectivity index (χ0v) is 14.4. The van der Waals surface area contributed by atoms with Gasteiger partial charge in [0.15, 0.2) is 0 Å². The van der Waals surface area contributed by atoms with E-state index >= 15 is 0 Å². The molecule has 118 valence electrons. The average Bonchev–Trinajstić information content (AvgIpc) is 2.50. The summed E-state index contributed by atoms with van der Waals surface area (Å²) in [4.78, 5) is 19.3. The molecule has 1 fully saturated rings. The third kappa shape index (κ3) is 3.70. The normalized spacial score (nSPS) is 18.0. The second-order valence-electron chi connectivity index (χ2n) is 6.09. The molecule has 2 heterocycles. The summed E-state index contributed by atoms with van der Waals surface area (Å²) >= 11 is 0. The summed E-state index contributed by atoms with van der Waals surface area (Å²) in [6.07, 6.45) is 5.54. The predicted molar refractivity (Wildman–Crippen MR) is 88.6 cm³/mol. The van der Waals surface area contributed by atoms with Crippen LogP contribution in [0.5, 0.6) is 0 Å². The highest BCUT2D eigenvalue weighted by atomic mass is 16.1. The van der Waals surface area contributed by atoms with Crippen LogP contribution in [0.25, 0.3) is 0 Å². The molecule has 0 N–H and O–H groups in total. The van der Waals surface area contributed by atoms with Gasteiger partial charge in [0.25, 0.3) is 0 Å². The maximum atomic E-state index is 12.8. The Labute approximate surface area is 129 Å². The minimum absolute atomic E-state index is 0.0796. The van der Waals surface area contributed by atoms with Gasteiger partial charge in [-0.25, -0.2) is 0 Å². The van der Waals surface area contributed by atoms with Crippen LogP contribution in [0, 0.1) is 12.8 Å². The summed E-state index contributed by atoms with van der Waals surface area (Å²) in [5.41, 5.74) is 2.03. The van der Waals surface area contributed by atoms with E-state index < -0.39 is 0 Å². The molecule has 0 bridgehead atoms. The highest BCUT2D eigenvalue weighted by molar-refractivity contribution is 5.92. The van der Waals surface area contributed by atoms with Crippen LogP contribution in [-0.4, -0.2) is 35.8 Å². The quantitative estimate of drug-likeness (QED) is 0.852. The molecule has 0 radical (unpaired) electrons. The van der Waals surface area contributed by atoms with Crippen LogP contribution in [0.4, 0.5) is 0 Å². The fourth-order valence-corrected chi connectivity index (χ4v) is 3.21. The molecule has 0 saturated carbocycles. The van der Waals surface area contributed by atoms with Gasteiger partial charge in [-0.05, 0) is 57.1 Å². The van der Waals surface area contributed by atoms with Crippen molar-refractivity contribution >= 4 is 5.78 Å². The van der Waals surface area contributed by atoms with Gasteiger partial charge in [0, 0.05) is 18.3 Å². The predicted octanol–water partition coefficient (Wildman–Crippen LogP) is 3.60. The molecular formula is C18H30N2O. The van der Waals surface area contributed by atoms with Gasteiger partial charge in [0.2, 0.25) is 0 Å². The monoisotopic (exact) mass is 290 g/mol. The second-order valence-corrected chi connectivity index (χ2v) is 6.09. The van der Waals surface area contributed by atoms with Crippen molar-refractivity contribution in [2.45, 2.75) is 52.9 Å². The highest BCUT2D eigenvalue weighted by Gasteiger charge is 2.43. The second kappa shape index (κ2) is 7.69. The van der Waals surface area contributed by atoms with Crippen molar-refractivity contribution in [3.05, 3.63) is 29.6 Å². The molecule has 0 aliphatic carbocycles. The lowest BCUT2D eigenvalue weighted by Gasteiger charge is -2.41. The minimum atomic E-state index is -0.298. The summed E-state index contributed by atoms with van der Waals surface area (Å²) in [6, 6.07) is 2.04. The van der Waals surface area contributed by atoms with Crippen LogP contribution >= 0.6 is 0 Å². The Bertz CT molecular complexity index is 460. The Morgan fingerprint density at radius 2 is 1.86 bits per heavy atom. The van der Waals surface area contributed by atoms with E-state index in [2.05, 4.69) is 23.9 Å². The summed E-state index contributed by atoms with van der Waals surface area (Å²) in [5, 5.41) is 0. The molecule has 0 atom stereocenters. The zero-order valence-electron chi connectivity index (χ0n) is 14.4. The Hall–Kier alpha value is -1.22. The van der Waals surface area contributed by atoms with E-state index in [0.717, 1.165) is 31.5 Å². The van der Waals surface area contributed by atoms with Crippen molar-refractivity contribution in [2.75, 3.05) is 20.1 Å². The van der Waals surface area contributed by atoms with Gasteiger partial charge >= 0.3 is 0 Å². The number of hydrogen-bond donors (Lipinski definition) is 0. The zero-order chi connectivity index (χ0) is 16.0. The lowest BCUT2D eigenvalue weighted by atomic mass is 9.66. The summed E-state index contributed by atoms with van der Waals surface area (Å²) < 4.78 is 0. The molecule has 0 unspecified atom stereocenters. The van der Waals surface area contributed by atoms with Gasteiger partial charge in [0.1, 0.15) is 5.78 Å². The van der Waals surface area contributed by atoms with Crippen molar-refractivity contribution in [1.82, 2.24) is 9.88 Å². The number of carbonyl (C=O) groups excluding carboxylic acids is 1. The maximum Gasteiger partial charge on any atom is 0.146 e. The smallest absolute Gasteiger partial charge is 0.146 e. The molecular weight excluding hydrogens is 260 g/mol. The third-order valence-electron chi connectivity index (χ3n) is 4.37. The minimum Gasteiger partial charge on any atom is -0.306 e. The Morgan fingerprint density at radius 3 is 2.33 bits per heavy atom. The van der Waals surface area contributed by atoms with Gasteiger partial charge in [-0.1, -0.05) is 27.7 Å². The lowest BCUT2D eigenvalue weighted by Crippen LogP contribution is -2.48. The van der Waals surface area contributed by atoms with E-state index in [9.17, 15) is 4.79 Å². The standard InChI is InChI=1S/C16H24N2O.C2H6/c1-12(2)15(19)16(6-9-18(4)10-7-16)14-5-8-17-11-13(14)3;1-2/h5,8,11-12H,6-7,9-10H2,1-4H3;1-2H3. The number of rotatable bonds is 3. The highest BCUT2D eigenvalue weighted by Crippen LogP contribution is 2.39. The van der Waals surface area contributed by atoms with E-state index in [-0.39, 0.29) is 11.3 Å². The number of nitrogens with zero attached hydrogens (tertiary/aromatic N) is 2. The number of hydrogen-bond acceptors (Lipinski definition) is 3. The molecule has 3 nitrogen and oxygen atoms in total.